The molecule has 0 aromatic carbocycles. The third kappa shape index (κ3) is 5.48. The van der Waals surface area contributed by atoms with E-state index in [1.807, 2.05) is 37.1 Å². The molecule has 3 aliphatic heterocycles. The van der Waals surface area contributed by atoms with Crippen molar-refractivity contribution in [1.82, 2.24) is 24.8 Å². The Morgan fingerprint density at radius 2 is 1.86 bits per heavy atom. The van der Waals surface area contributed by atoms with Crippen molar-refractivity contribution < 1.29 is 27.4 Å². The van der Waals surface area contributed by atoms with Crippen LogP contribution in [0.2, 0.25) is 0 Å². The summed E-state index contributed by atoms with van der Waals surface area (Å²) >= 11 is 0. The number of nitrogens with zero attached hydrogens (tertiary/aromatic N) is 6. The average molecular weight is 597 g/mol. The molecule has 2 saturated heterocycles. The van der Waals surface area contributed by atoms with Gasteiger partial charge in [0.15, 0.2) is 5.69 Å². The Balaban J connectivity index is 1.34. The molecule has 1 amide bonds. The number of methoxy groups -OCH3 is 1. The van der Waals surface area contributed by atoms with Crippen LogP contribution in [-0.4, -0.2) is 84.1 Å². The molecule has 9 nitrogen and oxygen atoms in total. The van der Waals surface area contributed by atoms with Crippen LogP contribution >= 0.6 is 0 Å². The third-order valence-electron chi connectivity index (χ3n) is 8.82. The first kappa shape index (κ1) is 29.2. The molecule has 228 valence electrons. The van der Waals surface area contributed by atoms with Crippen LogP contribution in [0.25, 0.3) is 11.3 Å². The van der Waals surface area contributed by atoms with Crippen LogP contribution in [0.15, 0.2) is 42.6 Å². The number of anilines is 1. The van der Waals surface area contributed by atoms with E-state index in [1.165, 1.54) is 19.2 Å². The van der Waals surface area contributed by atoms with Gasteiger partial charge in [-0.15, -0.1) is 0 Å². The van der Waals surface area contributed by atoms with Crippen molar-refractivity contribution in [3.8, 4) is 23.0 Å². The minimum atomic E-state index is -4.62. The van der Waals surface area contributed by atoms with E-state index in [-0.39, 0.29) is 23.4 Å². The first-order valence-electron chi connectivity index (χ1n) is 14.5. The van der Waals surface area contributed by atoms with E-state index >= 15 is 0 Å². The normalized spacial score (nSPS) is 18.7. The lowest BCUT2D eigenvalue weighted by Crippen LogP contribution is -2.58. The number of pyridine rings is 3. The smallest absolute Gasteiger partial charge is 0.435 e. The number of halogens is 3. The maximum Gasteiger partial charge on any atom is 0.435 e. The summed E-state index contributed by atoms with van der Waals surface area (Å²) in [4.78, 5) is 32.6. The highest BCUT2D eigenvalue weighted by Crippen LogP contribution is 2.45. The molecule has 3 aromatic rings. The molecule has 12 heteroatoms. The van der Waals surface area contributed by atoms with Gasteiger partial charge >= 0.3 is 6.18 Å². The highest BCUT2D eigenvalue weighted by Gasteiger charge is 2.47. The van der Waals surface area contributed by atoms with Crippen LogP contribution in [0.5, 0.6) is 11.8 Å². The third-order valence-corrected chi connectivity index (χ3v) is 8.82. The first-order chi connectivity index (χ1) is 20.6. The molecule has 3 aromatic heterocycles. The Bertz CT molecular complexity index is 1500. The Morgan fingerprint density at radius 1 is 1.09 bits per heavy atom. The van der Waals surface area contributed by atoms with E-state index in [9.17, 15) is 18.0 Å². The summed E-state index contributed by atoms with van der Waals surface area (Å²) in [6, 6.07) is 10.7. The summed E-state index contributed by atoms with van der Waals surface area (Å²) in [7, 11) is 3.29. The number of likely N-dealkylation sites (tertiary alicyclic amines) is 1. The van der Waals surface area contributed by atoms with Crippen molar-refractivity contribution in [3.05, 3.63) is 59.5 Å². The second-order valence-corrected chi connectivity index (χ2v) is 11.6. The molecule has 0 unspecified atom stereocenters. The number of hydrogen-bond donors (Lipinski definition) is 0. The number of fused-ring (bicyclic) bond motifs is 2. The molecular weight excluding hydrogens is 561 g/mol. The minimum absolute atomic E-state index is 0.0399. The number of aromatic nitrogens is 3. The Labute approximate surface area is 248 Å². The molecule has 43 heavy (non-hydrogen) atoms. The van der Waals surface area contributed by atoms with Gasteiger partial charge in [0, 0.05) is 50.4 Å². The molecular formula is C31H35F3N6O3. The van der Waals surface area contributed by atoms with Crippen LogP contribution in [-0.2, 0) is 22.9 Å². The summed E-state index contributed by atoms with van der Waals surface area (Å²) < 4.78 is 52.7. The van der Waals surface area contributed by atoms with E-state index < -0.39 is 17.3 Å². The lowest BCUT2D eigenvalue weighted by Gasteiger charge is -2.50. The lowest BCUT2D eigenvalue weighted by molar-refractivity contribution is -0.143. The second-order valence-electron chi connectivity index (χ2n) is 11.6. The van der Waals surface area contributed by atoms with Gasteiger partial charge in [0.1, 0.15) is 0 Å². The number of amides is 1. The van der Waals surface area contributed by atoms with Gasteiger partial charge in [-0.3, -0.25) is 9.78 Å². The van der Waals surface area contributed by atoms with Gasteiger partial charge < -0.3 is 24.2 Å². The standard InChI is InChI=1S/C31H35F3N6O3/c1-4-43-28-21(6-5-13-35-28)23-8-7-22-24(36-23)18-40(29(41)20-16-38(2)17-20)19-30(22)11-14-39(15-12-30)25-9-10-26(42-3)37-27(25)31(32,33)34/h5-10,13,20H,4,11-12,14-19H2,1-3H3. The van der Waals surface area contributed by atoms with E-state index in [2.05, 4.69) is 20.9 Å². The summed E-state index contributed by atoms with van der Waals surface area (Å²) in [6.45, 7) is 5.45. The monoisotopic (exact) mass is 596 g/mol. The fourth-order valence-corrected chi connectivity index (χ4v) is 6.66. The van der Waals surface area contributed by atoms with Crippen LogP contribution in [0.3, 0.4) is 0 Å². The fourth-order valence-electron chi connectivity index (χ4n) is 6.66. The molecule has 2 fully saturated rings. The molecule has 0 saturated carbocycles. The van der Waals surface area contributed by atoms with E-state index in [4.69, 9.17) is 14.5 Å². The van der Waals surface area contributed by atoms with Crippen molar-refractivity contribution in [2.24, 2.45) is 5.92 Å². The molecule has 0 aliphatic carbocycles. The number of carbonyl (C=O) groups is 1. The highest BCUT2D eigenvalue weighted by molar-refractivity contribution is 5.81. The van der Waals surface area contributed by atoms with Crippen molar-refractivity contribution in [2.75, 3.05) is 58.4 Å². The largest absolute Gasteiger partial charge is 0.481 e. The van der Waals surface area contributed by atoms with E-state index in [0.29, 0.717) is 70.3 Å². The van der Waals surface area contributed by atoms with Crippen molar-refractivity contribution >= 4 is 11.6 Å². The minimum Gasteiger partial charge on any atom is -0.481 e. The zero-order valence-electron chi connectivity index (χ0n) is 24.5. The quantitative estimate of drug-likeness (QED) is 0.414. The Morgan fingerprint density at radius 3 is 2.53 bits per heavy atom. The molecule has 0 radical (unpaired) electrons. The van der Waals surface area contributed by atoms with Crippen molar-refractivity contribution in [1.29, 1.82) is 0 Å². The fraction of sp³-hybridized carbons (Fsp3) is 0.484. The number of rotatable bonds is 6. The molecule has 6 rings (SSSR count). The molecule has 0 N–H and O–H groups in total. The first-order valence-corrected chi connectivity index (χ1v) is 14.5. The van der Waals surface area contributed by atoms with Crippen LogP contribution < -0.4 is 14.4 Å². The van der Waals surface area contributed by atoms with E-state index in [1.54, 1.807) is 11.1 Å². The average Bonchev–Trinajstić information content (AvgIpc) is 2.99. The second kappa shape index (κ2) is 11.3. The van der Waals surface area contributed by atoms with E-state index in [0.717, 1.165) is 16.8 Å². The summed E-state index contributed by atoms with van der Waals surface area (Å²) in [5.74, 6) is 0.460. The SMILES string of the molecule is CCOc1ncccc1-c1ccc2c(n1)CN(C(=O)C1CN(C)C1)CC21CCN(c2ccc(OC)nc2C(F)(F)F)CC1. The zero-order valence-corrected chi connectivity index (χ0v) is 24.5. The van der Waals surface area contributed by atoms with Gasteiger partial charge in [-0.05, 0) is 56.6 Å². The predicted octanol–water partition coefficient (Wildman–Crippen LogP) is 4.41. The molecule has 0 bridgehead atoms. The Kier molecular flexibility index (Phi) is 7.66. The van der Waals surface area contributed by atoms with Gasteiger partial charge in [0.25, 0.3) is 0 Å². The zero-order chi connectivity index (χ0) is 30.4. The highest BCUT2D eigenvalue weighted by atomic mass is 19.4. The van der Waals surface area contributed by atoms with Crippen LogP contribution in [0.1, 0.15) is 36.7 Å². The molecule has 1 spiro atoms. The van der Waals surface area contributed by atoms with Gasteiger partial charge in [0.2, 0.25) is 17.7 Å². The van der Waals surface area contributed by atoms with Crippen LogP contribution in [0, 0.1) is 5.92 Å². The summed E-state index contributed by atoms with van der Waals surface area (Å²) in [5.41, 5.74) is 2.00. The predicted molar refractivity (Wildman–Crippen MR) is 154 cm³/mol. The molecule has 6 heterocycles. The molecule has 0 atom stereocenters. The lowest BCUT2D eigenvalue weighted by atomic mass is 9.69. The number of hydrogen-bond acceptors (Lipinski definition) is 8. The summed E-state index contributed by atoms with van der Waals surface area (Å²) in [6.07, 6.45) is -1.82. The Hall–Kier alpha value is -3.93. The topological polar surface area (TPSA) is 83.9 Å². The van der Waals surface area contributed by atoms with Crippen LogP contribution in [0.4, 0.5) is 18.9 Å². The number of ether oxygens (including phenoxy) is 2. The maximum absolute atomic E-state index is 14.0. The number of piperidine rings is 1. The number of alkyl halides is 3. The number of carbonyl (C=O) groups excluding carboxylic acids is 1. The van der Waals surface area contributed by atoms with Gasteiger partial charge in [-0.1, -0.05) is 6.07 Å². The van der Waals surface area contributed by atoms with Gasteiger partial charge in [-0.2, -0.15) is 13.2 Å². The molecule has 3 aliphatic rings. The summed E-state index contributed by atoms with van der Waals surface area (Å²) in [5, 5.41) is 0. The van der Waals surface area contributed by atoms with Gasteiger partial charge in [-0.25, -0.2) is 9.97 Å². The van der Waals surface area contributed by atoms with Gasteiger partial charge in [0.05, 0.1) is 48.8 Å². The maximum atomic E-state index is 14.0. The van der Waals surface area contributed by atoms with Crippen molar-refractivity contribution in [3.63, 3.8) is 0 Å². The van der Waals surface area contributed by atoms with Crippen molar-refractivity contribution in [2.45, 2.75) is 37.9 Å².